The predicted octanol–water partition coefficient (Wildman–Crippen LogP) is 4.41. The highest BCUT2D eigenvalue weighted by molar-refractivity contribution is 7.11. The van der Waals surface area contributed by atoms with Crippen LogP contribution in [0.25, 0.3) is 0 Å². The van der Waals surface area contributed by atoms with Gasteiger partial charge < -0.3 is 9.47 Å². The molecule has 4 rings (SSSR count). The van der Waals surface area contributed by atoms with Crippen molar-refractivity contribution in [3.8, 4) is 5.75 Å². The van der Waals surface area contributed by atoms with Crippen molar-refractivity contribution in [3.05, 3.63) is 75.5 Å². The van der Waals surface area contributed by atoms with Crippen LogP contribution in [0.2, 0.25) is 0 Å². The first kappa shape index (κ1) is 20.0. The van der Waals surface area contributed by atoms with E-state index in [9.17, 15) is 0 Å². The number of nitrogens with zero attached hydrogens (tertiary/aromatic N) is 3. The highest BCUT2D eigenvalue weighted by Gasteiger charge is 2.23. The highest BCUT2D eigenvalue weighted by atomic mass is 32.1. The largest absolute Gasteiger partial charge is 0.494 e. The van der Waals surface area contributed by atoms with Gasteiger partial charge in [-0.1, -0.05) is 24.3 Å². The number of hydrogen-bond acceptors (Lipinski definition) is 6. The lowest BCUT2D eigenvalue weighted by molar-refractivity contribution is -0.0347. The fraction of sp³-hybridized carbons (Fsp3) is 0.391. The number of thiazole rings is 1. The van der Waals surface area contributed by atoms with Gasteiger partial charge in [0.15, 0.2) is 0 Å². The van der Waals surface area contributed by atoms with Crippen molar-refractivity contribution in [1.29, 1.82) is 0 Å². The molecule has 29 heavy (non-hydrogen) atoms. The molecule has 0 aliphatic carbocycles. The molecule has 1 aliphatic rings. The molecule has 5 nitrogen and oxygen atoms in total. The normalized spacial score (nSPS) is 17.4. The number of hydrogen-bond donors (Lipinski definition) is 0. The van der Waals surface area contributed by atoms with E-state index in [1.165, 1.54) is 16.0 Å². The van der Waals surface area contributed by atoms with Crippen LogP contribution in [-0.4, -0.2) is 41.2 Å². The van der Waals surface area contributed by atoms with E-state index < -0.39 is 0 Å². The van der Waals surface area contributed by atoms with Gasteiger partial charge in [-0.3, -0.25) is 9.88 Å². The topological polar surface area (TPSA) is 47.5 Å². The first-order valence-electron chi connectivity index (χ1n) is 10.1. The molecule has 1 saturated heterocycles. The van der Waals surface area contributed by atoms with E-state index in [0.29, 0.717) is 6.61 Å². The van der Waals surface area contributed by atoms with Crippen LogP contribution in [0.3, 0.4) is 0 Å². The molecule has 1 fully saturated rings. The van der Waals surface area contributed by atoms with E-state index >= 15 is 0 Å². The van der Waals surface area contributed by atoms with Crippen LogP contribution in [0, 0.1) is 6.92 Å². The van der Waals surface area contributed by atoms with E-state index in [2.05, 4.69) is 41.1 Å². The van der Waals surface area contributed by atoms with Crippen molar-refractivity contribution >= 4 is 11.3 Å². The Balaban J connectivity index is 1.39. The number of benzene rings is 1. The van der Waals surface area contributed by atoms with Crippen LogP contribution in [0.15, 0.2) is 48.8 Å². The molecular formula is C23H27N3O2S. The Hall–Kier alpha value is -2.28. The van der Waals surface area contributed by atoms with Gasteiger partial charge >= 0.3 is 0 Å². The monoisotopic (exact) mass is 409 g/mol. The van der Waals surface area contributed by atoms with Crippen molar-refractivity contribution in [2.24, 2.45) is 0 Å². The maximum Gasteiger partial charge on any atom is 0.122 e. The Labute approximate surface area is 176 Å². The lowest BCUT2D eigenvalue weighted by Crippen LogP contribution is -2.37. The molecule has 2 aromatic heterocycles. The Morgan fingerprint density at radius 2 is 2.07 bits per heavy atom. The van der Waals surface area contributed by atoms with Gasteiger partial charge in [0.2, 0.25) is 0 Å². The van der Waals surface area contributed by atoms with Gasteiger partial charge in [-0.25, -0.2) is 4.98 Å². The summed E-state index contributed by atoms with van der Waals surface area (Å²) in [6.07, 6.45) is 4.78. The summed E-state index contributed by atoms with van der Waals surface area (Å²) >= 11 is 1.77. The molecule has 0 bridgehead atoms. The zero-order valence-corrected chi connectivity index (χ0v) is 17.8. The standard InChI is InChI=1S/C23H27N3O2S/c1-3-27-22-7-5-4-6-19(22)12-18-8-9-21(25-13-18)23-16-26(10-11-28-23)15-20-14-24-17(2)29-20/h4-9,13-14,23H,3,10-12,15-16H2,1-2H3. The number of aryl methyl sites for hydroxylation is 1. The number of aromatic nitrogens is 2. The number of rotatable bonds is 7. The number of morpholine rings is 1. The minimum atomic E-state index is 0.0162. The predicted molar refractivity (Wildman–Crippen MR) is 115 cm³/mol. The van der Waals surface area contributed by atoms with E-state index in [4.69, 9.17) is 14.5 Å². The summed E-state index contributed by atoms with van der Waals surface area (Å²) in [5.41, 5.74) is 3.36. The van der Waals surface area contributed by atoms with Crippen LogP contribution in [0.4, 0.5) is 0 Å². The average molecular weight is 410 g/mol. The number of pyridine rings is 1. The summed E-state index contributed by atoms with van der Waals surface area (Å²) < 4.78 is 11.8. The molecule has 0 saturated carbocycles. The second-order valence-corrected chi connectivity index (χ2v) is 8.57. The zero-order valence-electron chi connectivity index (χ0n) is 17.0. The maximum atomic E-state index is 6.01. The Morgan fingerprint density at radius 1 is 1.17 bits per heavy atom. The van der Waals surface area contributed by atoms with E-state index in [0.717, 1.165) is 49.1 Å². The third-order valence-corrected chi connectivity index (χ3v) is 5.94. The Bertz CT molecular complexity index is 926. The average Bonchev–Trinajstić information content (AvgIpc) is 3.15. The van der Waals surface area contributed by atoms with Crippen LogP contribution >= 0.6 is 11.3 Å². The third-order valence-electron chi connectivity index (χ3n) is 5.04. The first-order chi connectivity index (χ1) is 14.2. The van der Waals surface area contributed by atoms with Crippen LogP contribution in [0.5, 0.6) is 5.75 Å². The molecule has 1 aliphatic heterocycles. The molecule has 0 spiro atoms. The first-order valence-corrected chi connectivity index (χ1v) is 10.9. The Morgan fingerprint density at radius 3 is 2.83 bits per heavy atom. The summed E-state index contributed by atoms with van der Waals surface area (Å²) in [5.74, 6) is 0.948. The lowest BCUT2D eigenvalue weighted by Gasteiger charge is -2.32. The molecule has 3 aromatic rings. The molecule has 1 atom stereocenters. The summed E-state index contributed by atoms with van der Waals surface area (Å²) in [6.45, 7) is 8.19. The quantitative estimate of drug-likeness (QED) is 0.578. The van der Waals surface area contributed by atoms with Crippen molar-refractivity contribution in [2.75, 3.05) is 26.3 Å². The highest BCUT2D eigenvalue weighted by Crippen LogP contribution is 2.25. The van der Waals surface area contributed by atoms with E-state index in [1.54, 1.807) is 11.3 Å². The summed E-state index contributed by atoms with van der Waals surface area (Å²) in [4.78, 5) is 12.8. The van der Waals surface area contributed by atoms with Gasteiger partial charge in [-0.2, -0.15) is 0 Å². The van der Waals surface area contributed by atoms with E-state index in [1.807, 2.05) is 31.5 Å². The molecule has 3 heterocycles. The maximum absolute atomic E-state index is 6.01. The van der Waals surface area contributed by atoms with Gasteiger partial charge in [0.05, 0.1) is 23.9 Å². The Kier molecular flexibility index (Phi) is 6.54. The van der Waals surface area contributed by atoms with Gasteiger partial charge in [-0.15, -0.1) is 11.3 Å². The van der Waals surface area contributed by atoms with Gasteiger partial charge in [0.1, 0.15) is 11.9 Å². The molecule has 1 unspecified atom stereocenters. The molecule has 152 valence electrons. The van der Waals surface area contributed by atoms with Gasteiger partial charge in [0.25, 0.3) is 0 Å². The molecule has 1 aromatic carbocycles. The smallest absolute Gasteiger partial charge is 0.122 e. The summed E-state index contributed by atoms with van der Waals surface area (Å²) in [5, 5.41) is 1.12. The minimum Gasteiger partial charge on any atom is -0.494 e. The van der Waals surface area contributed by atoms with Crippen LogP contribution in [-0.2, 0) is 17.7 Å². The fourth-order valence-electron chi connectivity index (χ4n) is 3.62. The van der Waals surface area contributed by atoms with Crippen molar-refractivity contribution in [2.45, 2.75) is 32.9 Å². The SMILES string of the molecule is CCOc1ccccc1Cc1ccc(C2CN(Cc3cnc(C)s3)CCO2)nc1. The van der Waals surface area contributed by atoms with Gasteiger partial charge in [0, 0.05) is 43.3 Å². The number of ether oxygens (including phenoxy) is 2. The van der Waals surface area contributed by atoms with Crippen molar-refractivity contribution < 1.29 is 9.47 Å². The lowest BCUT2D eigenvalue weighted by atomic mass is 10.0. The van der Waals surface area contributed by atoms with Crippen LogP contribution in [0.1, 0.15) is 39.7 Å². The van der Waals surface area contributed by atoms with E-state index in [-0.39, 0.29) is 6.10 Å². The van der Waals surface area contributed by atoms with Crippen molar-refractivity contribution in [3.63, 3.8) is 0 Å². The minimum absolute atomic E-state index is 0.0162. The second-order valence-electron chi connectivity index (χ2n) is 7.25. The molecule has 0 N–H and O–H groups in total. The fourth-order valence-corrected chi connectivity index (χ4v) is 4.46. The zero-order chi connectivity index (χ0) is 20.1. The number of para-hydroxylation sites is 1. The van der Waals surface area contributed by atoms with Crippen molar-refractivity contribution in [1.82, 2.24) is 14.9 Å². The van der Waals surface area contributed by atoms with Gasteiger partial charge in [-0.05, 0) is 37.1 Å². The summed E-state index contributed by atoms with van der Waals surface area (Å²) in [7, 11) is 0. The summed E-state index contributed by atoms with van der Waals surface area (Å²) in [6, 6.07) is 12.5. The van der Waals surface area contributed by atoms with Crippen LogP contribution < -0.4 is 4.74 Å². The molecule has 0 radical (unpaired) electrons. The molecule has 0 amide bonds. The second kappa shape index (κ2) is 9.48. The third kappa shape index (κ3) is 5.21. The molecular weight excluding hydrogens is 382 g/mol. The molecule has 6 heteroatoms.